The first-order chi connectivity index (χ1) is 13.7. The van der Waals surface area contributed by atoms with E-state index in [1.165, 1.54) is 13.2 Å². The molecule has 0 saturated carbocycles. The molecule has 1 N–H and O–H groups in total. The van der Waals surface area contributed by atoms with E-state index in [4.69, 9.17) is 4.74 Å². The van der Waals surface area contributed by atoms with Crippen molar-refractivity contribution in [2.24, 2.45) is 0 Å². The number of anilines is 1. The summed E-state index contributed by atoms with van der Waals surface area (Å²) in [7, 11) is 2.38. The number of benzene rings is 2. The van der Waals surface area contributed by atoms with Crippen molar-refractivity contribution in [3.05, 3.63) is 63.2 Å². The van der Waals surface area contributed by atoms with Gasteiger partial charge in [0.2, 0.25) is 0 Å². The van der Waals surface area contributed by atoms with Gasteiger partial charge in [-0.15, -0.1) is 0 Å². The number of rotatable bonds is 7. The number of amides is 1. The third kappa shape index (κ3) is 5.51. The van der Waals surface area contributed by atoms with Crippen LogP contribution in [0.1, 0.15) is 26.3 Å². The third-order valence-corrected chi connectivity index (χ3v) is 3.84. The summed E-state index contributed by atoms with van der Waals surface area (Å²) in [6.07, 6.45) is 0. The Hall–Kier alpha value is -3.95. The SMILES string of the molecule is COC(=O)COc1ccc(NC(=O)c2cc(C(=O)OC)cc([N+](=O)[O-])c2)c(C)c1. The molecule has 0 atom stereocenters. The van der Waals surface area contributed by atoms with Crippen LogP contribution in [0.5, 0.6) is 5.75 Å². The summed E-state index contributed by atoms with van der Waals surface area (Å²) in [5.41, 5.74) is 0.437. The first-order valence-electron chi connectivity index (χ1n) is 8.24. The van der Waals surface area contributed by atoms with Crippen LogP contribution in [-0.2, 0) is 14.3 Å². The molecule has 0 spiro atoms. The normalized spacial score (nSPS) is 10.0. The second-order valence-electron chi connectivity index (χ2n) is 5.81. The highest BCUT2D eigenvalue weighted by Crippen LogP contribution is 2.23. The summed E-state index contributed by atoms with van der Waals surface area (Å²) in [5.74, 6) is -1.59. The van der Waals surface area contributed by atoms with Crippen LogP contribution in [0.4, 0.5) is 11.4 Å². The number of methoxy groups -OCH3 is 2. The van der Waals surface area contributed by atoms with Gasteiger partial charge in [-0.3, -0.25) is 14.9 Å². The summed E-state index contributed by atoms with van der Waals surface area (Å²) in [4.78, 5) is 45.8. The molecule has 2 rings (SSSR count). The van der Waals surface area contributed by atoms with Gasteiger partial charge in [-0.2, -0.15) is 0 Å². The van der Waals surface area contributed by atoms with Crippen molar-refractivity contribution in [1.29, 1.82) is 0 Å². The molecular weight excluding hydrogens is 384 g/mol. The maximum Gasteiger partial charge on any atom is 0.343 e. The highest BCUT2D eigenvalue weighted by Gasteiger charge is 2.19. The number of nitro benzene ring substituents is 1. The highest BCUT2D eigenvalue weighted by atomic mass is 16.6. The van der Waals surface area contributed by atoms with Crippen molar-refractivity contribution < 1.29 is 33.5 Å². The molecule has 10 nitrogen and oxygen atoms in total. The summed E-state index contributed by atoms with van der Waals surface area (Å²) >= 11 is 0. The monoisotopic (exact) mass is 402 g/mol. The molecule has 0 aliphatic rings. The molecule has 0 aliphatic heterocycles. The summed E-state index contributed by atoms with van der Waals surface area (Å²) in [6.45, 7) is 1.44. The maximum atomic E-state index is 12.6. The van der Waals surface area contributed by atoms with Crippen molar-refractivity contribution in [2.75, 3.05) is 26.1 Å². The molecule has 0 radical (unpaired) electrons. The Morgan fingerprint density at radius 1 is 1.03 bits per heavy atom. The van der Waals surface area contributed by atoms with Gasteiger partial charge in [-0.25, -0.2) is 9.59 Å². The minimum atomic E-state index is -0.800. The second-order valence-corrected chi connectivity index (χ2v) is 5.81. The Morgan fingerprint density at radius 2 is 1.72 bits per heavy atom. The average molecular weight is 402 g/mol. The van der Waals surface area contributed by atoms with Gasteiger partial charge in [-0.05, 0) is 36.8 Å². The first-order valence-corrected chi connectivity index (χ1v) is 8.24. The molecule has 2 aromatic carbocycles. The number of aryl methyl sites for hydroxylation is 1. The first kappa shape index (κ1) is 21.4. The van der Waals surface area contributed by atoms with Crippen molar-refractivity contribution in [1.82, 2.24) is 0 Å². The Balaban J connectivity index is 2.23. The lowest BCUT2D eigenvalue weighted by molar-refractivity contribution is -0.384. The lowest BCUT2D eigenvalue weighted by atomic mass is 10.1. The van der Waals surface area contributed by atoms with E-state index < -0.39 is 28.5 Å². The van der Waals surface area contributed by atoms with E-state index >= 15 is 0 Å². The molecule has 152 valence electrons. The topological polar surface area (TPSA) is 134 Å². The zero-order valence-electron chi connectivity index (χ0n) is 15.9. The van der Waals surface area contributed by atoms with Crippen LogP contribution in [0.3, 0.4) is 0 Å². The van der Waals surface area contributed by atoms with Crippen LogP contribution >= 0.6 is 0 Å². The molecule has 0 aromatic heterocycles. The number of carbonyl (C=O) groups is 3. The third-order valence-electron chi connectivity index (χ3n) is 3.84. The molecular formula is C19H18N2O8. The van der Waals surface area contributed by atoms with E-state index in [2.05, 4.69) is 14.8 Å². The van der Waals surface area contributed by atoms with Gasteiger partial charge in [0.15, 0.2) is 6.61 Å². The van der Waals surface area contributed by atoms with E-state index in [1.54, 1.807) is 25.1 Å². The Kier molecular flexibility index (Phi) is 6.85. The zero-order valence-corrected chi connectivity index (χ0v) is 15.9. The van der Waals surface area contributed by atoms with Crippen molar-refractivity contribution in [3.8, 4) is 5.75 Å². The molecule has 29 heavy (non-hydrogen) atoms. The van der Waals surface area contributed by atoms with Gasteiger partial charge in [0.1, 0.15) is 5.75 Å². The quantitative estimate of drug-likeness (QED) is 0.424. The van der Waals surface area contributed by atoms with Gasteiger partial charge in [-0.1, -0.05) is 0 Å². The number of nitrogens with one attached hydrogen (secondary N) is 1. The number of hydrogen-bond donors (Lipinski definition) is 1. The summed E-state index contributed by atoms with van der Waals surface area (Å²) in [6, 6.07) is 7.99. The largest absolute Gasteiger partial charge is 0.482 e. The smallest absolute Gasteiger partial charge is 0.343 e. The van der Waals surface area contributed by atoms with Gasteiger partial charge in [0.05, 0.1) is 24.7 Å². The van der Waals surface area contributed by atoms with Crippen LogP contribution in [0.25, 0.3) is 0 Å². The fourth-order valence-electron chi connectivity index (χ4n) is 2.35. The number of nitrogens with zero attached hydrogens (tertiary/aromatic N) is 1. The molecule has 10 heteroatoms. The van der Waals surface area contributed by atoms with Crippen LogP contribution < -0.4 is 10.1 Å². The molecule has 1 amide bonds. The standard InChI is InChI=1S/C19H18N2O8/c1-11-6-15(29-10-17(22)27-2)4-5-16(11)20-18(23)12-7-13(19(24)28-3)9-14(8-12)21(25)26/h4-9H,10H2,1-3H3,(H,20,23). The maximum absolute atomic E-state index is 12.6. The predicted molar refractivity (Wildman–Crippen MR) is 101 cm³/mol. The van der Waals surface area contributed by atoms with Gasteiger partial charge < -0.3 is 19.5 Å². The van der Waals surface area contributed by atoms with Crippen LogP contribution in [0.15, 0.2) is 36.4 Å². The summed E-state index contributed by atoms with van der Waals surface area (Å²) in [5, 5.41) is 13.7. The Labute approximate surface area is 165 Å². The highest BCUT2D eigenvalue weighted by molar-refractivity contribution is 6.06. The molecule has 0 saturated heterocycles. The molecule has 0 heterocycles. The average Bonchev–Trinajstić information content (AvgIpc) is 2.72. The fourth-order valence-corrected chi connectivity index (χ4v) is 2.35. The van der Waals surface area contributed by atoms with E-state index in [-0.39, 0.29) is 17.7 Å². The van der Waals surface area contributed by atoms with Crippen LogP contribution in [0, 0.1) is 17.0 Å². The van der Waals surface area contributed by atoms with E-state index in [9.17, 15) is 24.5 Å². The summed E-state index contributed by atoms with van der Waals surface area (Å²) < 4.78 is 14.3. The number of nitro groups is 1. The van der Waals surface area contributed by atoms with E-state index in [1.807, 2.05) is 0 Å². The van der Waals surface area contributed by atoms with Gasteiger partial charge in [0, 0.05) is 23.4 Å². The lowest BCUT2D eigenvalue weighted by Gasteiger charge is -2.11. The second kappa shape index (κ2) is 9.31. The van der Waals surface area contributed by atoms with Crippen molar-refractivity contribution in [2.45, 2.75) is 6.92 Å². The molecule has 0 bridgehead atoms. The molecule has 0 unspecified atom stereocenters. The van der Waals surface area contributed by atoms with Gasteiger partial charge >= 0.3 is 11.9 Å². The zero-order chi connectivity index (χ0) is 21.6. The van der Waals surface area contributed by atoms with Gasteiger partial charge in [0.25, 0.3) is 11.6 Å². The van der Waals surface area contributed by atoms with Crippen molar-refractivity contribution >= 4 is 29.2 Å². The molecule has 0 aliphatic carbocycles. The number of non-ortho nitro benzene ring substituents is 1. The number of ether oxygens (including phenoxy) is 3. The van der Waals surface area contributed by atoms with E-state index in [0.717, 1.165) is 19.2 Å². The minimum absolute atomic E-state index is 0.0787. The van der Waals surface area contributed by atoms with E-state index in [0.29, 0.717) is 17.0 Å². The fraction of sp³-hybridized carbons (Fsp3) is 0.211. The lowest BCUT2D eigenvalue weighted by Crippen LogP contribution is -2.15. The number of esters is 2. The van der Waals surface area contributed by atoms with Crippen LogP contribution in [0.2, 0.25) is 0 Å². The molecule has 2 aromatic rings. The number of hydrogen-bond acceptors (Lipinski definition) is 8. The Bertz CT molecular complexity index is 971. The minimum Gasteiger partial charge on any atom is -0.482 e. The predicted octanol–water partition coefficient (Wildman–Crippen LogP) is 2.49. The Morgan fingerprint density at radius 3 is 2.31 bits per heavy atom. The molecule has 0 fully saturated rings. The number of carbonyl (C=O) groups excluding carboxylic acids is 3. The van der Waals surface area contributed by atoms with Crippen molar-refractivity contribution in [3.63, 3.8) is 0 Å². The van der Waals surface area contributed by atoms with Crippen LogP contribution in [-0.4, -0.2) is 43.6 Å².